The van der Waals surface area contributed by atoms with Gasteiger partial charge >= 0.3 is 0 Å². The molecule has 6 nitrogen and oxygen atoms in total. The molecule has 21 heavy (non-hydrogen) atoms. The predicted molar refractivity (Wildman–Crippen MR) is 81.1 cm³/mol. The van der Waals surface area contributed by atoms with E-state index in [1.54, 1.807) is 31.2 Å². The molecular formula is C14H11BrN4O2. The standard InChI is InChI=1S/C14H11BrN4O2/c1-8-11(7-16)13(20)19(2)14(21)12(8)18-17-10-5-3-9(15)4-6-10/h3-6,20H,1-2H3. The minimum Gasteiger partial charge on any atom is -0.493 e. The Morgan fingerprint density at radius 3 is 2.48 bits per heavy atom. The maximum atomic E-state index is 12.1. The van der Waals surface area contributed by atoms with Crippen molar-refractivity contribution in [1.82, 2.24) is 4.57 Å². The van der Waals surface area contributed by atoms with E-state index < -0.39 is 5.56 Å². The Balaban J connectivity index is 2.55. The lowest BCUT2D eigenvalue weighted by molar-refractivity contribution is 0.421. The molecule has 2 aromatic rings. The summed E-state index contributed by atoms with van der Waals surface area (Å²) in [7, 11) is 1.37. The van der Waals surface area contributed by atoms with Crippen LogP contribution in [0, 0.1) is 18.3 Å². The van der Waals surface area contributed by atoms with Crippen LogP contribution in [-0.4, -0.2) is 9.67 Å². The monoisotopic (exact) mass is 346 g/mol. The predicted octanol–water partition coefficient (Wildman–Crippen LogP) is 3.45. The molecule has 0 atom stereocenters. The van der Waals surface area contributed by atoms with E-state index in [0.717, 1.165) is 9.04 Å². The number of benzene rings is 1. The van der Waals surface area contributed by atoms with Gasteiger partial charge in [-0.1, -0.05) is 15.9 Å². The average Bonchev–Trinajstić information content (AvgIpc) is 2.47. The van der Waals surface area contributed by atoms with Gasteiger partial charge in [0, 0.05) is 17.1 Å². The van der Waals surface area contributed by atoms with Crippen LogP contribution in [0.15, 0.2) is 43.8 Å². The highest BCUT2D eigenvalue weighted by Gasteiger charge is 2.16. The topological polar surface area (TPSA) is 90.7 Å². The first kappa shape index (κ1) is 14.9. The van der Waals surface area contributed by atoms with Gasteiger partial charge in [-0.15, -0.1) is 5.11 Å². The van der Waals surface area contributed by atoms with Crippen LogP contribution in [0.2, 0.25) is 0 Å². The summed E-state index contributed by atoms with van der Waals surface area (Å²) >= 11 is 3.31. The molecule has 106 valence electrons. The van der Waals surface area contributed by atoms with Crippen LogP contribution >= 0.6 is 15.9 Å². The Bertz CT molecular complexity index is 817. The molecule has 0 saturated carbocycles. The van der Waals surface area contributed by atoms with Crippen LogP contribution in [0.4, 0.5) is 11.4 Å². The summed E-state index contributed by atoms with van der Waals surface area (Å²) in [5, 5.41) is 26.7. The molecular weight excluding hydrogens is 336 g/mol. The Hall–Kier alpha value is -2.46. The Labute approximate surface area is 129 Å². The zero-order valence-corrected chi connectivity index (χ0v) is 12.9. The normalized spacial score (nSPS) is 10.8. The SMILES string of the molecule is Cc1c(C#N)c(O)n(C)c(=O)c1N=Nc1ccc(Br)cc1. The number of azo groups is 1. The van der Waals surface area contributed by atoms with E-state index >= 15 is 0 Å². The summed E-state index contributed by atoms with van der Waals surface area (Å²) < 4.78 is 1.88. The third-order valence-corrected chi connectivity index (χ3v) is 3.51. The highest BCUT2D eigenvalue weighted by molar-refractivity contribution is 9.10. The van der Waals surface area contributed by atoms with Crippen LogP contribution in [0.5, 0.6) is 5.88 Å². The number of nitriles is 1. The molecule has 0 saturated heterocycles. The van der Waals surface area contributed by atoms with E-state index in [-0.39, 0.29) is 17.1 Å². The molecule has 7 heteroatoms. The van der Waals surface area contributed by atoms with Crippen LogP contribution in [0.1, 0.15) is 11.1 Å². The molecule has 2 rings (SSSR count). The van der Waals surface area contributed by atoms with Gasteiger partial charge in [0.25, 0.3) is 5.56 Å². The van der Waals surface area contributed by atoms with Gasteiger partial charge in [0.2, 0.25) is 5.88 Å². The lowest BCUT2D eigenvalue weighted by Crippen LogP contribution is -2.18. The molecule has 0 unspecified atom stereocenters. The third-order valence-electron chi connectivity index (χ3n) is 2.98. The first-order chi connectivity index (χ1) is 9.95. The van der Waals surface area contributed by atoms with Crippen LogP contribution < -0.4 is 5.56 Å². The number of halogens is 1. The van der Waals surface area contributed by atoms with Crippen molar-refractivity contribution in [2.75, 3.05) is 0 Å². The molecule has 1 heterocycles. The van der Waals surface area contributed by atoms with Gasteiger partial charge in [0.15, 0.2) is 5.69 Å². The fraction of sp³-hybridized carbons (Fsp3) is 0.143. The van der Waals surface area contributed by atoms with E-state index in [4.69, 9.17) is 5.26 Å². The maximum absolute atomic E-state index is 12.1. The first-order valence-corrected chi connectivity index (χ1v) is 6.75. The average molecular weight is 347 g/mol. The molecule has 1 N–H and O–H groups in total. The molecule has 0 aliphatic heterocycles. The van der Waals surface area contributed by atoms with Crippen molar-refractivity contribution in [2.24, 2.45) is 17.3 Å². The van der Waals surface area contributed by atoms with Crippen molar-refractivity contribution in [3.8, 4) is 11.9 Å². The highest BCUT2D eigenvalue weighted by atomic mass is 79.9. The van der Waals surface area contributed by atoms with Crippen LogP contribution in [0.3, 0.4) is 0 Å². The van der Waals surface area contributed by atoms with E-state index in [9.17, 15) is 9.90 Å². The summed E-state index contributed by atoms with van der Waals surface area (Å²) in [6, 6.07) is 8.94. The van der Waals surface area contributed by atoms with Gasteiger partial charge in [-0.05, 0) is 31.2 Å². The molecule has 1 aromatic heterocycles. The number of nitrogens with zero attached hydrogens (tertiary/aromatic N) is 4. The molecule has 0 aliphatic carbocycles. The van der Waals surface area contributed by atoms with E-state index in [0.29, 0.717) is 11.3 Å². The van der Waals surface area contributed by atoms with Crippen molar-refractivity contribution < 1.29 is 5.11 Å². The second kappa shape index (κ2) is 5.89. The highest BCUT2D eigenvalue weighted by Crippen LogP contribution is 2.26. The zero-order valence-electron chi connectivity index (χ0n) is 11.3. The summed E-state index contributed by atoms with van der Waals surface area (Å²) in [5.41, 5.74) is 0.423. The second-order valence-corrected chi connectivity index (χ2v) is 5.24. The Morgan fingerprint density at radius 2 is 1.90 bits per heavy atom. The molecule has 0 radical (unpaired) electrons. The molecule has 1 aromatic carbocycles. The lowest BCUT2D eigenvalue weighted by atomic mass is 10.1. The van der Waals surface area contributed by atoms with Gasteiger partial charge in [-0.3, -0.25) is 9.36 Å². The lowest BCUT2D eigenvalue weighted by Gasteiger charge is -2.08. The number of hydrogen-bond donors (Lipinski definition) is 1. The first-order valence-electron chi connectivity index (χ1n) is 5.95. The van der Waals surface area contributed by atoms with Gasteiger partial charge in [-0.2, -0.15) is 10.4 Å². The summed E-state index contributed by atoms with van der Waals surface area (Å²) in [5.74, 6) is -0.373. The number of pyridine rings is 1. The third kappa shape index (κ3) is 2.85. The minimum absolute atomic E-state index is 0.0156. The van der Waals surface area contributed by atoms with Gasteiger partial charge in [0.1, 0.15) is 11.6 Å². The van der Waals surface area contributed by atoms with E-state index in [1.807, 2.05) is 6.07 Å². The van der Waals surface area contributed by atoms with Crippen molar-refractivity contribution in [3.63, 3.8) is 0 Å². The largest absolute Gasteiger partial charge is 0.493 e. The zero-order chi connectivity index (χ0) is 15.6. The summed E-state index contributed by atoms with van der Waals surface area (Å²) in [6.07, 6.45) is 0. The summed E-state index contributed by atoms with van der Waals surface area (Å²) in [6.45, 7) is 1.55. The van der Waals surface area contributed by atoms with Crippen molar-refractivity contribution >= 4 is 27.3 Å². The van der Waals surface area contributed by atoms with Crippen LogP contribution in [0.25, 0.3) is 0 Å². The molecule has 0 amide bonds. The quantitative estimate of drug-likeness (QED) is 0.844. The fourth-order valence-corrected chi connectivity index (χ4v) is 2.00. The van der Waals surface area contributed by atoms with Crippen LogP contribution in [-0.2, 0) is 7.05 Å². The smallest absolute Gasteiger partial charge is 0.281 e. The molecule has 0 aliphatic rings. The van der Waals surface area contributed by atoms with Crippen molar-refractivity contribution in [2.45, 2.75) is 6.92 Å². The van der Waals surface area contributed by atoms with Gasteiger partial charge in [-0.25, -0.2) is 0 Å². The van der Waals surface area contributed by atoms with Gasteiger partial charge < -0.3 is 5.11 Å². The fourth-order valence-electron chi connectivity index (χ4n) is 1.74. The summed E-state index contributed by atoms with van der Waals surface area (Å²) in [4.78, 5) is 12.1. The molecule has 0 fully saturated rings. The van der Waals surface area contributed by atoms with E-state index in [1.165, 1.54) is 7.05 Å². The second-order valence-electron chi connectivity index (χ2n) is 4.32. The minimum atomic E-state index is -0.509. The number of rotatable bonds is 2. The van der Waals surface area contributed by atoms with Crippen molar-refractivity contribution in [3.05, 3.63) is 50.2 Å². The Morgan fingerprint density at radius 1 is 1.29 bits per heavy atom. The van der Waals surface area contributed by atoms with Gasteiger partial charge in [0.05, 0.1) is 5.69 Å². The maximum Gasteiger partial charge on any atom is 0.281 e. The number of aromatic hydroxyl groups is 1. The van der Waals surface area contributed by atoms with E-state index in [2.05, 4.69) is 26.2 Å². The van der Waals surface area contributed by atoms with Crippen molar-refractivity contribution in [1.29, 1.82) is 5.26 Å². The number of aromatic nitrogens is 1. The molecule has 0 bridgehead atoms. The molecule has 0 spiro atoms. The number of hydrogen-bond acceptors (Lipinski definition) is 5. The Kier molecular flexibility index (Phi) is 4.19.